The Labute approximate surface area is 169 Å². The number of carboxylic acids is 1. The second-order valence-corrected chi connectivity index (χ2v) is 7.97. The van der Waals surface area contributed by atoms with Gasteiger partial charge in [0, 0.05) is 12.7 Å². The molecule has 7 heteroatoms. The minimum atomic E-state index is -1.04. The van der Waals surface area contributed by atoms with Gasteiger partial charge in [0.25, 0.3) is 12.2 Å². The first-order valence-electron chi connectivity index (χ1n) is 9.58. The SMILES string of the molecule is Cc1cc[n+]2c(c1C(=O)O)C1=NC(C)(C(C)C)C(=O)N1[C-]2N(C)c1ccccc1. The first-order valence-corrected chi connectivity index (χ1v) is 9.58. The highest BCUT2D eigenvalue weighted by Crippen LogP contribution is 2.39. The summed E-state index contributed by atoms with van der Waals surface area (Å²) >= 11 is 0. The van der Waals surface area contributed by atoms with Gasteiger partial charge in [-0.1, -0.05) is 38.1 Å². The number of fused-ring (bicyclic) bond motifs is 3. The second-order valence-electron chi connectivity index (χ2n) is 7.97. The number of aliphatic imine (C=N–C) groups is 1. The van der Waals surface area contributed by atoms with Crippen LogP contribution >= 0.6 is 0 Å². The molecule has 0 fully saturated rings. The summed E-state index contributed by atoms with van der Waals surface area (Å²) in [6.07, 6.45) is 2.36. The van der Waals surface area contributed by atoms with Gasteiger partial charge in [0.15, 0.2) is 5.69 Å². The quantitative estimate of drug-likeness (QED) is 0.640. The van der Waals surface area contributed by atoms with E-state index in [-0.39, 0.29) is 17.4 Å². The third-order valence-electron chi connectivity index (χ3n) is 5.94. The molecular weight excluding hydrogens is 368 g/mol. The summed E-state index contributed by atoms with van der Waals surface area (Å²) in [5.74, 6) is -0.838. The molecule has 29 heavy (non-hydrogen) atoms. The normalized spacial score (nSPS) is 20.1. The zero-order valence-electron chi connectivity index (χ0n) is 17.2. The van der Waals surface area contributed by atoms with Crippen LogP contribution in [0.2, 0.25) is 0 Å². The highest BCUT2D eigenvalue weighted by molar-refractivity contribution is 6.18. The number of hydrogen-bond donors (Lipinski definition) is 1. The number of rotatable bonds is 4. The summed E-state index contributed by atoms with van der Waals surface area (Å²) in [4.78, 5) is 33.9. The molecule has 2 aliphatic rings. The molecule has 0 saturated heterocycles. The molecule has 1 aromatic heterocycles. The lowest BCUT2D eigenvalue weighted by molar-refractivity contribution is -0.661. The van der Waals surface area contributed by atoms with Crippen molar-refractivity contribution in [2.75, 3.05) is 11.9 Å². The van der Waals surface area contributed by atoms with Gasteiger partial charge in [0.1, 0.15) is 11.4 Å². The van der Waals surface area contributed by atoms with E-state index in [1.54, 1.807) is 28.7 Å². The fourth-order valence-corrected chi connectivity index (χ4v) is 3.85. The second kappa shape index (κ2) is 6.34. The van der Waals surface area contributed by atoms with E-state index in [0.717, 1.165) is 5.69 Å². The van der Waals surface area contributed by atoms with Crippen molar-refractivity contribution in [3.63, 3.8) is 0 Å². The van der Waals surface area contributed by atoms with Gasteiger partial charge in [-0.25, -0.2) is 4.79 Å². The molecule has 0 bridgehead atoms. The predicted octanol–water partition coefficient (Wildman–Crippen LogP) is 2.43. The van der Waals surface area contributed by atoms with Crippen molar-refractivity contribution in [1.82, 2.24) is 4.90 Å². The van der Waals surface area contributed by atoms with Crippen LogP contribution in [0.3, 0.4) is 0 Å². The number of nitrogens with zero attached hydrogens (tertiary/aromatic N) is 4. The number of amides is 1. The number of amidine groups is 1. The van der Waals surface area contributed by atoms with E-state index in [1.807, 2.05) is 63.1 Å². The Balaban J connectivity index is 1.99. The van der Waals surface area contributed by atoms with Crippen LogP contribution in [-0.2, 0) is 4.79 Å². The zero-order valence-corrected chi connectivity index (χ0v) is 17.2. The first-order chi connectivity index (χ1) is 13.7. The van der Waals surface area contributed by atoms with Crippen molar-refractivity contribution in [2.45, 2.75) is 33.2 Å². The molecule has 1 amide bonds. The standard InChI is InChI=1S/C22H24N4O3/c1-13(2)22(4)20(29)26-18(23-22)17-16(19(27)28)14(3)11-12-25(17)21(26)24(5)15-9-7-6-8-10-15/h6-13H,1-5H3,(H,27,28). The summed E-state index contributed by atoms with van der Waals surface area (Å²) < 4.78 is 1.75. The lowest BCUT2D eigenvalue weighted by Crippen LogP contribution is -2.57. The van der Waals surface area contributed by atoms with E-state index in [9.17, 15) is 14.7 Å². The topological polar surface area (TPSA) is 77.1 Å². The summed E-state index contributed by atoms with van der Waals surface area (Å²) in [7, 11) is 1.86. The Kier molecular flexibility index (Phi) is 4.15. The number of carbonyl (C=O) groups excluding carboxylic acids is 1. The highest BCUT2D eigenvalue weighted by Gasteiger charge is 2.56. The summed E-state index contributed by atoms with van der Waals surface area (Å²) in [5.41, 5.74) is 1.16. The number of anilines is 1. The van der Waals surface area contributed by atoms with Crippen molar-refractivity contribution < 1.29 is 19.3 Å². The molecule has 2 aromatic rings. The van der Waals surface area contributed by atoms with E-state index in [2.05, 4.69) is 0 Å². The average molecular weight is 392 g/mol. The molecule has 2 aliphatic heterocycles. The van der Waals surface area contributed by atoms with Crippen LogP contribution in [0.25, 0.3) is 0 Å². The van der Waals surface area contributed by atoms with Crippen molar-refractivity contribution in [3.05, 3.63) is 65.7 Å². The molecule has 0 radical (unpaired) electrons. The van der Waals surface area contributed by atoms with Crippen LogP contribution in [0.4, 0.5) is 5.69 Å². The van der Waals surface area contributed by atoms with E-state index in [4.69, 9.17) is 4.99 Å². The Morgan fingerprint density at radius 1 is 1.28 bits per heavy atom. The summed E-state index contributed by atoms with van der Waals surface area (Å²) in [6, 6.07) is 11.4. The zero-order chi connectivity index (χ0) is 21.1. The Bertz CT molecular complexity index is 1050. The van der Waals surface area contributed by atoms with E-state index in [1.165, 1.54) is 0 Å². The average Bonchev–Trinajstić information content (AvgIpc) is 3.14. The predicted molar refractivity (Wildman–Crippen MR) is 108 cm³/mol. The van der Waals surface area contributed by atoms with Crippen LogP contribution in [0, 0.1) is 19.1 Å². The fourth-order valence-electron chi connectivity index (χ4n) is 3.85. The van der Waals surface area contributed by atoms with Gasteiger partial charge < -0.3 is 10.0 Å². The molecule has 1 atom stereocenters. The number of aromatic carboxylic acids is 1. The monoisotopic (exact) mass is 392 g/mol. The van der Waals surface area contributed by atoms with Gasteiger partial charge >= 0.3 is 5.97 Å². The van der Waals surface area contributed by atoms with Crippen molar-refractivity contribution in [3.8, 4) is 0 Å². The molecule has 0 spiro atoms. The molecule has 1 aromatic carbocycles. The minimum absolute atomic E-state index is 0.0390. The minimum Gasteiger partial charge on any atom is -0.478 e. The van der Waals surface area contributed by atoms with Gasteiger partial charge in [-0.05, 0) is 37.5 Å². The lowest BCUT2D eigenvalue weighted by atomic mass is 9.89. The Morgan fingerprint density at radius 2 is 1.93 bits per heavy atom. The van der Waals surface area contributed by atoms with Gasteiger partial charge in [0.05, 0.1) is 11.8 Å². The molecule has 0 aliphatic carbocycles. The lowest BCUT2D eigenvalue weighted by Gasteiger charge is -2.33. The molecule has 150 valence electrons. The molecule has 0 saturated carbocycles. The maximum atomic E-state index is 13.5. The largest absolute Gasteiger partial charge is 0.478 e. The molecule has 7 nitrogen and oxygen atoms in total. The van der Waals surface area contributed by atoms with Gasteiger partial charge in [-0.15, -0.1) is 0 Å². The van der Waals surface area contributed by atoms with Crippen LogP contribution in [-0.4, -0.2) is 40.3 Å². The summed E-state index contributed by atoms with van der Waals surface area (Å²) in [6.45, 7) is 7.47. The van der Waals surface area contributed by atoms with E-state index < -0.39 is 11.5 Å². The van der Waals surface area contributed by atoms with Crippen molar-refractivity contribution >= 4 is 23.4 Å². The maximum Gasteiger partial charge on any atom is 0.330 e. The fraction of sp³-hybridized carbons (Fsp3) is 0.318. The van der Waals surface area contributed by atoms with Gasteiger partial charge in [-0.2, -0.15) is 0 Å². The number of para-hydroxylation sites is 1. The molecule has 1 N–H and O–H groups in total. The van der Waals surface area contributed by atoms with Crippen molar-refractivity contribution in [2.24, 2.45) is 10.9 Å². The van der Waals surface area contributed by atoms with Crippen LogP contribution < -0.4 is 9.47 Å². The number of aromatic nitrogens is 1. The third-order valence-corrected chi connectivity index (χ3v) is 5.94. The number of carbonyl (C=O) groups is 2. The maximum absolute atomic E-state index is 13.5. The summed E-state index contributed by atoms with van der Waals surface area (Å²) in [5, 5.41) is 9.90. The third kappa shape index (κ3) is 2.53. The molecule has 4 rings (SSSR count). The number of hydrogen-bond acceptors (Lipinski definition) is 4. The van der Waals surface area contributed by atoms with Crippen LogP contribution in [0.1, 0.15) is 42.4 Å². The molecule has 1 unspecified atom stereocenters. The Morgan fingerprint density at radius 3 is 2.52 bits per heavy atom. The number of aryl methyl sites for hydroxylation is 1. The van der Waals surface area contributed by atoms with Crippen LogP contribution in [0.5, 0.6) is 0 Å². The molecule has 3 heterocycles. The number of pyridine rings is 1. The smallest absolute Gasteiger partial charge is 0.330 e. The van der Waals surface area contributed by atoms with Crippen molar-refractivity contribution in [1.29, 1.82) is 0 Å². The van der Waals surface area contributed by atoms with E-state index in [0.29, 0.717) is 23.4 Å². The molecular formula is C22H24N4O3. The van der Waals surface area contributed by atoms with Gasteiger partial charge in [-0.3, -0.25) is 19.3 Å². The number of carboxylic acid groups (broad SMARTS) is 1. The first kappa shape index (κ1) is 19.0. The van der Waals surface area contributed by atoms with E-state index >= 15 is 0 Å². The van der Waals surface area contributed by atoms with Gasteiger partial charge in [0.2, 0.25) is 0 Å². The highest BCUT2D eigenvalue weighted by atomic mass is 16.4. The Hall–Kier alpha value is -3.35. The number of benzene rings is 1. The van der Waals surface area contributed by atoms with Crippen LogP contribution in [0.15, 0.2) is 47.6 Å².